The average Bonchev–Trinajstić information content (AvgIpc) is 2.86. The Morgan fingerprint density at radius 3 is 2.00 bits per heavy atom. The summed E-state index contributed by atoms with van der Waals surface area (Å²) >= 11 is 0. The first-order chi connectivity index (χ1) is 15.8. The zero-order chi connectivity index (χ0) is 22.0. The van der Waals surface area contributed by atoms with Gasteiger partial charge in [0.25, 0.3) is 0 Å². The van der Waals surface area contributed by atoms with Crippen molar-refractivity contribution in [1.82, 2.24) is 30.0 Å². The summed E-state index contributed by atoms with van der Waals surface area (Å²) in [4.78, 5) is 14.0. The molecule has 1 saturated heterocycles. The molecule has 7 nitrogen and oxygen atoms in total. The molecule has 184 valence electrons. The number of halogens is 2. The number of hydrogen-bond acceptors (Lipinski definition) is 7. The van der Waals surface area contributed by atoms with E-state index in [1.807, 2.05) is 36.4 Å². The van der Waals surface area contributed by atoms with Crippen LogP contribution in [0.3, 0.4) is 0 Å². The summed E-state index contributed by atoms with van der Waals surface area (Å²) in [5, 5.41) is 17.9. The van der Waals surface area contributed by atoms with E-state index in [-0.39, 0.29) is 24.8 Å². The Kier molecular flexibility index (Phi) is 12.4. The molecule has 0 radical (unpaired) electrons. The van der Waals surface area contributed by atoms with Crippen molar-refractivity contribution in [1.29, 1.82) is 0 Å². The lowest BCUT2D eigenvalue weighted by Gasteiger charge is -2.35. The first-order valence-electron chi connectivity index (χ1n) is 11.6. The van der Waals surface area contributed by atoms with Gasteiger partial charge in [-0.15, -0.1) is 35.0 Å². The molecule has 9 heteroatoms. The number of aliphatic hydroxyl groups excluding tert-OH is 1. The molecule has 0 saturated carbocycles. The van der Waals surface area contributed by atoms with Crippen LogP contribution >= 0.6 is 24.8 Å². The van der Waals surface area contributed by atoms with E-state index in [0.29, 0.717) is 6.61 Å². The molecule has 34 heavy (non-hydrogen) atoms. The predicted molar refractivity (Wildman–Crippen MR) is 140 cm³/mol. The van der Waals surface area contributed by atoms with Crippen LogP contribution in [0.15, 0.2) is 54.9 Å². The molecule has 0 aromatic carbocycles. The van der Waals surface area contributed by atoms with E-state index in [4.69, 9.17) is 5.11 Å². The molecule has 4 rings (SSSR count). The van der Waals surface area contributed by atoms with E-state index in [0.717, 1.165) is 80.4 Å². The molecule has 0 amide bonds. The second-order valence-electron chi connectivity index (χ2n) is 8.29. The van der Waals surface area contributed by atoms with Gasteiger partial charge in [-0.3, -0.25) is 14.9 Å². The SMILES string of the molecule is Cl.Cl.OCCCCCCN1CCN(Cc2cc(-c3ccccn3)nnc2-c2ccccn2)CC1. The lowest BCUT2D eigenvalue weighted by molar-refractivity contribution is 0.125. The maximum atomic E-state index is 8.91. The van der Waals surface area contributed by atoms with Gasteiger partial charge in [0, 0.05) is 51.7 Å². The van der Waals surface area contributed by atoms with Gasteiger partial charge in [-0.25, -0.2) is 0 Å². The van der Waals surface area contributed by atoms with Gasteiger partial charge < -0.3 is 10.0 Å². The van der Waals surface area contributed by atoms with Crippen molar-refractivity contribution in [2.45, 2.75) is 32.2 Å². The van der Waals surface area contributed by atoms with Crippen LogP contribution in [0.4, 0.5) is 0 Å². The number of piperazine rings is 1. The van der Waals surface area contributed by atoms with Crippen molar-refractivity contribution in [2.24, 2.45) is 0 Å². The highest BCUT2D eigenvalue weighted by Crippen LogP contribution is 2.24. The minimum absolute atomic E-state index is 0. The minimum atomic E-state index is 0. The van der Waals surface area contributed by atoms with Crippen LogP contribution in [0.25, 0.3) is 22.8 Å². The molecule has 0 unspecified atom stereocenters. The second-order valence-corrected chi connectivity index (χ2v) is 8.29. The Morgan fingerprint density at radius 2 is 1.35 bits per heavy atom. The number of aromatic nitrogens is 4. The maximum Gasteiger partial charge on any atom is 0.116 e. The molecular formula is C25H34Cl2N6O. The van der Waals surface area contributed by atoms with Crippen LogP contribution < -0.4 is 0 Å². The van der Waals surface area contributed by atoms with E-state index in [1.165, 1.54) is 12.8 Å². The predicted octanol–water partition coefficient (Wildman–Crippen LogP) is 4.11. The van der Waals surface area contributed by atoms with Crippen LogP contribution in [0.1, 0.15) is 31.2 Å². The number of pyridine rings is 2. The largest absolute Gasteiger partial charge is 0.396 e. The molecule has 1 aliphatic heterocycles. The van der Waals surface area contributed by atoms with Gasteiger partial charge in [0.15, 0.2) is 0 Å². The minimum Gasteiger partial charge on any atom is -0.396 e. The quantitative estimate of drug-likeness (QED) is 0.416. The fourth-order valence-electron chi connectivity index (χ4n) is 4.12. The van der Waals surface area contributed by atoms with Crippen molar-refractivity contribution in [3.05, 3.63) is 60.4 Å². The second kappa shape index (κ2) is 15.0. The first-order valence-corrected chi connectivity index (χ1v) is 11.6. The number of hydrogen-bond donors (Lipinski definition) is 1. The smallest absolute Gasteiger partial charge is 0.116 e. The molecule has 0 aliphatic carbocycles. The van der Waals surface area contributed by atoms with Gasteiger partial charge in [-0.05, 0) is 55.3 Å². The number of unbranched alkanes of at least 4 members (excludes halogenated alkanes) is 3. The fourth-order valence-corrected chi connectivity index (χ4v) is 4.12. The normalized spacial score (nSPS) is 14.3. The number of aliphatic hydroxyl groups is 1. The fraction of sp³-hybridized carbons (Fsp3) is 0.440. The van der Waals surface area contributed by atoms with Crippen molar-refractivity contribution in [2.75, 3.05) is 39.3 Å². The monoisotopic (exact) mass is 504 g/mol. The van der Waals surface area contributed by atoms with Gasteiger partial charge in [0.05, 0.1) is 11.4 Å². The highest BCUT2D eigenvalue weighted by Gasteiger charge is 2.20. The topological polar surface area (TPSA) is 78.3 Å². The molecule has 3 aromatic rings. The molecule has 1 fully saturated rings. The molecule has 0 bridgehead atoms. The standard InChI is InChI=1S/C25H32N6O.2ClH/c32-18-8-2-1-7-13-30-14-16-31(17-15-30)20-21-19-24(22-9-3-5-11-26-22)28-29-25(21)23-10-4-6-12-27-23;;/h3-6,9-12,19,32H,1-2,7-8,13-18,20H2;2*1H. The summed E-state index contributed by atoms with van der Waals surface area (Å²) in [7, 11) is 0. The molecule has 0 atom stereocenters. The molecule has 1 aliphatic rings. The molecule has 1 N–H and O–H groups in total. The van der Waals surface area contributed by atoms with Crippen molar-refractivity contribution >= 4 is 24.8 Å². The summed E-state index contributed by atoms with van der Waals surface area (Å²) in [6.07, 6.45) is 8.05. The van der Waals surface area contributed by atoms with Gasteiger partial charge in [-0.1, -0.05) is 25.0 Å². The van der Waals surface area contributed by atoms with Crippen LogP contribution in [-0.4, -0.2) is 74.4 Å². The molecule has 3 aromatic heterocycles. The van der Waals surface area contributed by atoms with Crippen LogP contribution in [0.2, 0.25) is 0 Å². The maximum absolute atomic E-state index is 8.91. The van der Waals surface area contributed by atoms with E-state index in [9.17, 15) is 0 Å². The Balaban J connectivity index is 0.00000204. The summed E-state index contributed by atoms with van der Waals surface area (Å²) in [5.41, 5.74) is 4.46. The Hall–Kier alpha value is -2.16. The van der Waals surface area contributed by atoms with Crippen LogP contribution in [0, 0.1) is 0 Å². The zero-order valence-corrected chi connectivity index (χ0v) is 21.1. The van der Waals surface area contributed by atoms with E-state index < -0.39 is 0 Å². The third-order valence-electron chi connectivity index (χ3n) is 5.95. The van der Waals surface area contributed by atoms with E-state index >= 15 is 0 Å². The molecule has 0 spiro atoms. The van der Waals surface area contributed by atoms with Gasteiger partial charge in [-0.2, -0.15) is 0 Å². The summed E-state index contributed by atoms with van der Waals surface area (Å²) in [6, 6.07) is 13.9. The molecular weight excluding hydrogens is 471 g/mol. The van der Waals surface area contributed by atoms with E-state index in [1.54, 1.807) is 12.4 Å². The zero-order valence-electron chi connectivity index (χ0n) is 19.4. The van der Waals surface area contributed by atoms with Crippen molar-refractivity contribution in [3.63, 3.8) is 0 Å². The van der Waals surface area contributed by atoms with Gasteiger partial charge >= 0.3 is 0 Å². The van der Waals surface area contributed by atoms with Crippen LogP contribution in [-0.2, 0) is 6.54 Å². The highest BCUT2D eigenvalue weighted by atomic mass is 35.5. The molecule has 4 heterocycles. The van der Waals surface area contributed by atoms with E-state index in [2.05, 4.69) is 36.0 Å². The summed E-state index contributed by atoms with van der Waals surface area (Å²) in [6.45, 7) is 6.55. The van der Waals surface area contributed by atoms with Crippen molar-refractivity contribution in [3.8, 4) is 22.8 Å². The summed E-state index contributed by atoms with van der Waals surface area (Å²) in [5.74, 6) is 0. The Morgan fingerprint density at radius 1 is 0.706 bits per heavy atom. The Labute approximate surface area is 214 Å². The first kappa shape index (κ1) is 28.1. The summed E-state index contributed by atoms with van der Waals surface area (Å²) < 4.78 is 0. The number of rotatable bonds is 10. The highest BCUT2D eigenvalue weighted by molar-refractivity contribution is 5.85. The Bertz CT molecular complexity index is 956. The third-order valence-corrected chi connectivity index (χ3v) is 5.95. The average molecular weight is 505 g/mol. The van der Waals surface area contributed by atoms with Crippen LogP contribution in [0.5, 0.6) is 0 Å². The lowest BCUT2D eigenvalue weighted by atomic mass is 10.1. The third kappa shape index (κ3) is 7.96. The van der Waals surface area contributed by atoms with Gasteiger partial charge in [0.2, 0.25) is 0 Å². The van der Waals surface area contributed by atoms with Crippen molar-refractivity contribution < 1.29 is 5.11 Å². The van der Waals surface area contributed by atoms with Gasteiger partial charge in [0.1, 0.15) is 11.4 Å². The lowest BCUT2D eigenvalue weighted by Crippen LogP contribution is -2.46. The number of nitrogens with zero attached hydrogens (tertiary/aromatic N) is 6.